The van der Waals surface area contributed by atoms with Gasteiger partial charge in [0.1, 0.15) is 29.0 Å². The fourth-order valence-electron chi connectivity index (χ4n) is 3.32. The minimum absolute atomic E-state index is 0.644. The van der Waals surface area contributed by atoms with Crippen LogP contribution in [0.3, 0.4) is 0 Å². The number of benzene rings is 1. The van der Waals surface area contributed by atoms with Crippen molar-refractivity contribution in [3.8, 4) is 5.75 Å². The molecule has 0 amide bonds. The van der Waals surface area contributed by atoms with Gasteiger partial charge in [0.2, 0.25) is 0 Å². The monoisotopic (exact) mass is 380 g/mol. The lowest BCUT2D eigenvalue weighted by atomic mass is 10.2. The molecule has 1 saturated heterocycles. The van der Waals surface area contributed by atoms with Gasteiger partial charge in [-0.3, -0.25) is 0 Å². The highest BCUT2D eigenvalue weighted by Gasteiger charge is 2.19. The Morgan fingerprint density at radius 3 is 2.29 bits per heavy atom. The molecule has 3 aromatic rings. The number of piperazine rings is 1. The van der Waals surface area contributed by atoms with Gasteiger partial charge in [0.25, 0.3) is 0 Å². The Morgan fingerprint density at radius 2 is 1.64 bits per heavy atom. The van der Waals surface area contributed by atoms with Crippen LogP contribution in [0.4, 0.5) is 23.1 Å². The Labute approximate surface area is 164 Å². The highest BCUT2D eigenvalue weighted by Crippen LogP contribution is 2.24. The van der Waals surface area contributed by atoms with Crippen LogP contribution in [0.15, 0.2) is 40.9 Å². The van der Waals surface area contributed by atoms with Crippen molar-refractivity contribution in [2.24, 2.45) is 0 Å². The Kier molecular flexibility index (Phi) is 5.01. The molecule has 0 radical (unpaired) electrons. The highest BCUT2D eigenvalue weighted by molar-refractivity contribution is 5.58. The highest BCUT2D eigenvalue weighted by atomic mass is 16.5. The van der Waals surface area contributed by atoms with Gasteiger partial charge in [-0.2, -0.15) is 0 Å². The normalized spacial score (nSPS) is 14.2. The summed E-state index contributed by atoms with van der Waals surface area (Å²) >= 11 is 0. The zero-order valence-electron chi connectivity index (χ0n) is 16.3. The summed E-state index contributed by atoms with van der Waals surface area (Å²) in [7, 11) is 1.68. The van der Waals surface area contributed by atoms with Crippen LogP contribution in [-0.4, -0.2) is 48.4 Å². The molecule has 1 aromatic carbocycles. The smallest absolute Gasteiger partial charge is 0.175 e. The number of anilines is 4. The van der Waals surface area contributed by atoms with Gasteiger partial charge in [0, 0.05) is 44.0 Å². The molecule has 1 fully saturated rings. The van der Waals surface area contributed by atoms with E-state index in [9.17, 15) is 0 Å². The van der Waals surface area contributed by atoms with E-state index in [0.29, 0.717) is 11.6 Å². The van der Waals surface area contributed by atoms with E-state index < -0.39 is 0 Å². The van der Waals surface area contributed by atoms with E-state index in [1.165, 1.54) is 5.69 Å². The first kappa shape index (κ1) is 18.1. The molecule has 8 nitrogen and oxygen atoms in total. The lowest BCUT2D eigenvalue weighted by Crippen LogP contribution is -2.46. The lowest BCUT2D eigenvalue weighted by molar-refractivity contribution is 0.400. The Morgan fingerprint density at radius 1 is 0.929 bits per heavy atom. The first-order valence-electron chi connectivity index (χ1n) is 9.31. The minimum Gasteiger partial charge on any atom is -0.497 e. The van der Waals surface area contributed by atoms with Crippen molar-refractivity contribution >= 4 is 23.1 Å². The Hall–Kier alpha value is -3.29. The summed E-state index contributed by atoms with van der Waals surface area (Å²) in [5.74, 6) is 4.63. The zero-order valence-corrected chi connectivity index (χ0v) is 16.3. The first-order chi connectivity index (χ1) is 13.6. The molecule has 1 aliphatic rings. The standard InChI is InChI=1S/C20H24N6O2/c1-14-12-19(24-28-14)23-18-13-20(22-15(2)21-18)26-10-8-25(9-11-26)16-4-6-17(27-3)7-5-16/h4-7,12-13H,8-11H2,1-3H3,(H,21,22,23,24). The quantitative estimate of drug-likeness (QED) is 0.723. The van der Waals surface area contributed by atoms with Gasteiger partial charge in [-0.15, -0.1) is 0 Å². The third-order valence-electron chi connectivity index (χ3n) is 4.75. The van der Waals surface area contributed by atoms with E-state index in [2.05, 4.69) is 42.4 Å². The average molecular weight is 380 g/mol. The van der Waals surface area contributed by atoms with E-state index in [1.807, 2.05) is 38.1 Å². The predicted molar refractivity (Wildman–Crippen MR) is 109 cm³/mol. The van der Waals surface area contributed by atoms with E-state index in [4.69, 9.17) is 9.26 Å². The Balaban J connectivity index is 1.43. The number of hydrogen-bond acceptors (Lipinski definition) is 8. The summed E-state index contributed by atoms with van der Waals surface area (Å²) in [4.78, 5) is 13.7. The van der Waals surface area contributed by atoms with Crippen LogP contribution in [0.5, 0.6) is 5.75 Å². The summed E-state index contributed by atoms with van der Waals surface area (Å²) in [6.45, 7) is 7.41. The molecular formula is C20H24N6O2. The molecule has 146 valence electrons. The zero-order chi connectivity index (χ0) is 19.5. The summed E-state index contributed by atoms with van der Waals surface area (Å²) in [5, 5.41) is 7.15. The van der Waals surface area contributed by atoms with Gasteiger partial charge in [0.05, 0.1) is 7.11 Å². The third-order valence-corrected chi connectivity index (χ3v) is 4.75. The molecule has 3 heterocycles. The van der Waals surface area contributed by atoms with E-state index >= 15 is 0 Å². The van der Waals surface area contributed by atoms with Crippen LogP contribution in [0.2, 0.25) is 0 Å². The van der Waals surface area contributed by atoms with E-state index in [-0.39, 0.29) is 0 Å². The maximum Gasteiger partial charge on any atom is 0.175 e. The third kappa shape index (κ3) is 4.00. The topological polar surface area (TPSA) is 79.5 Å². The number of nitrogens with zero attached hydrogens (tertiary/aromatic N) is 5. The SMILES string of the molecule is COc1ccc(N2CCN(c3cc(Nc4cc(C)on4)nc(C)n3)CC2)cc1. The second kappa shape index (κ2) is 7.75. The molecule has 0 aliphatic carbocycles. The molecular weight excluding hydrogens is 356 g/mol. The molecule has 1 N–H and O–H groups in total. The van der Waals surface area contributed by atoms with Gasteiger partial charge in [0.15, 0.2) is 5.82 Å². The summed E-state index contributed by atoms with van der Waals surface area (Å²) in [6.07, 6.45) is 0. The van der Waals surface area contributed by atoms with Crippen LogP contribution in [0.1, 0.15) is 11.6 Å². The minimum atomic E-state index is 0.644. The molecule has 0 bridgehead atoms. The first-order valence-corrected chi connectivity index (χ1v) is 9.31. The molecule has 0 unspecified atom stereocenters. The van der Waals surface area contributed by atoms with Gasteiger partial charge in [-0.25, -0.2) is 9.97 Å². The number of nitrogens with one attached hydrogen (secondary N) is 1. The lowest BCUT2D eigenvalue weighted by Gasteiger charge is -2.36. The second-order valence-electron chi connectivity index (χ2n) is 6.78. The van der Waals surface area contributed by atoms with Crippen LogP contribution >= 0.6 is 0 Å². The van der Waals surface area contributed by atoms with Crippen molar-refractivity contribution in [1.29, 1.82) is 0 Å². The predicted octanol–water partition coefficient (Wildman–Crippen LogP) is 3.16. The maximum atomic E-state index is 5.24. The maximum absolute atomic E-state index is 5.24. The summed E-state index contributed by atoms with van der Waals surface area (Å²) < 4.78 is 10.3. The fraction of sp³-hybridized carbons (Fsp3) is 0.350. The summed E-state index contributed by atoms with van der Waals surface area (Å²) in [6, 6.07) is 12.0. The number of ether oxygens (including phenoxy) is 1. The second-order valence-corrected chi connectivity index (χ2v) is 6.78. The molecule has 4 rings (SSSR count). The van der Waals surface area contributed by atoms with Crippen molar-refractivity contribution in [2.45, 2.75) is 13.8 Å². The number of aryl methyl sites for hydroxylation is 2. The number of aromatic nitrogens is 3. The molecule has 0 saturated carbocycles. The van der Waals surface area contributed by atoms with Crippen molar-refractivity contribution < 1.29 is 9.26 Å². The molecule has 0 atom stereocenters. The largest absolute Gasteiger partial charge is 0.497 e. The van der Waals surface area contributed by atoms with Gasteiger partial charge >= 0.3 is 0 Å². The van der Waals surface area contributed by atoms with Crippen molar-refractivity contribution in [1.82, 2.24) is 15.1 Å². The van der Waals surface area contributed by atoms with Crippen LogP contribution in [-0.2, 0) is 0 Å². The number of methoxy groups -OCH3 is 1. The number of rotatable bonds is 5. The molecule has 28 heavy (non-hydrogen) atoms. The molecule has 0 spiro atoms. The van der Waals surface area contributed by atoms with Gasteiger partial charge in [-0.1, -0.05) is 5.16 Å². The van der Waals surface area contributed by atoms with Crippen molar-refractivity contribution in [3.63, 3.8) is 0 Å². The van der Waals surface area contributed by atoms with Crippen molar-refractivity contribution in [2.75, 3.05) is 48.4 Å². The Bertz CT molecular complexity index is 932. The van der Waals surface area contributed by atoms with Gasteiger partial charge < -0.3 is 24.4 Å². The number of hydrogen-bond donors (Lipinski definition) is 1. The summed E-state index contributed by atoms with van der Waals surface area (Å²) in [5.41, 5.74) is 1.21. The van der Waals surface area contributed by atoms with Crippen LogP contribution < -0.4 is 19.9 Å². The molecule has 2 aromatic heterocycles. The fourth-order valence-corrected chi connectivity index (χ4v) is 3.32. The average Bonchev–Trinajstić information content (AvgIpc) is 3.12. The molecule has 8 heteroatoms. The molecule has 1 aliphatic heterocycles. The van der Waals surface area contributed by atoms with Crippen LogP contribution in [0.25, 0.3) is 0 Å². The van der Waals surface area contributed by atoms with Gasteiger partial charge in [-0.05, 0) is 38.1 Å². The van der Waals surface area contributed by atoms with Crippen LogP contribution in [0, 0.1) is 13.8 Å². The van der Waals surface area contributed by atoms with Crippen molar-refractivity contribution in [3.05, 3.63) is 48.0 Å². The van der Waals surface area contributed by atoms with E-state index in [0.717, 1.165) is 49.3 Å². The van der Waals surface area contributed by atoms with E-state index in [1.54, 1.807) is 7.11 Å².